The SMILES string of the molecule is COc1ccc([C@H](N)[C@H](O)C(C)(C)C)cc1[N+](=O)[O-].Cl. The Morgan fingerprint density at radius 1 is 1.40 bits per heavy atom. The third-order valence-corrected chi connectivity index (χ3v) is 3.01. The predicted molar refractivity (Wildman–Crippen MR) is 79.3 cm³/mol. The van der Waals surface area contributed by atoms with Crippen LogP contribution in [-0.2, 0) is 0 Å². The number of benzene rings is 1. The molecule has 0 aliphatic carbocycles. The fraction of sp³-hybridized carbons (Fsp3) is 0.538. The van der Waals surface area contributed by atoms with Crippen molar-refractivity contribution < 1.29 is 14.8 Å². The number of nitrogens with two attached hydrogens (primary N) is 1. The highest BCUT2D eigenvalue weighted by Crippen LogP contribution is 2.33. The number of nitro benzene ring substituents is 1. The number of nitrogens with zero attached hydrogens (tertiary/aromatic N) is 1. The van der Waals surface area contributed by atoms with Gasteiger partial charge in [0.05, 0.1) is 24.2 Å². The zero-order valence-electron chi connectivity index (χ0n) is 12.0. The van der Waals surface area contributed by atoms with Crippen LogP contribution >= 0.6 is 12.4 Å². The van der Waals surface area contributed by atoms with Crippen molar-refractivity contribution in [2.75, 3.05) is 7.11 Å². The van der Waals surface area contributed by atoms with Gasteiger partial charge in [0.1, 0.15) is 0 Å². The van der Waals surface area contributed by atoms with Crippen molar-refractivity contribution in [2.45, 2.75) is 32.9 Å². The van der Waals surface area contributed by atoms with E-state index in [0.29, 0.717) is 5.56 Å². The average molecular weight is 305 g/mol. The lowest BCUT2D eigenvalue weighted by Gasteiger charge is -2.31. The molecule has 1 rings (SSSR count). The molecule has 6 nitrogen and oxygen atoms in total. The zero-order chi connectivity index (χ0) is 14.8. The van der Waals surface area contributed by atoms with E-state index in [2.05, 4.69) is 0 Å². The third-order valence-electron chi connectivity index (χ3n) is 3.01. The predicted octanol–water partition coefficient (Wildman–Crippen LogP) is 2.43. The van der Waals surface area contributed by atoms with Crippen LogP contribution in [0.25, 0.3) is 0 Å². The smallest absolute Gasteiger partial charge is 0.311 e. The van der Waals surface area contributed by atoms with Gasteiger partial charge >= 0.3 is 5.69 Å². The molecule has 0 radical (unpaired) electrons. The van der Waals surface area contributed by atoms with Crippen LogP contribution in [-0.4, -0.2) is 23.2 Å². The summed E-state index contributed by atoms with van der Waals surface area (Å²) in [6.45, 7) is 5.57. The van der Waals surface area contributed by atoms with Crippen molar-refractivity contribution in [1.29, 1.82) is 0 Å². The summed E-state index contributed by atoms with van der Waals surface area (Å²) in [7, 11) is 1.37. The molecule has 0 aromatic heterocycles. The Labute approximate surface area is 124 Å². The second-order valence-corrected chi connectivity index (χ2v) is 5.53. The van der Waals surface area contributed by atoms with Crippen LogP contribution in [0.2, 0.25) is 0 Å². The lowest BCUT2D eigenvalue weighted by Crippen LogP contribution is -2.36. The van der Waals surface area contributed by atoms with E-state index in [1.54, 1.807) is 6.07 Å². The zero-order valence-corrected chi connectivity index (χ0v) is 12.8. The molecule has 0 aliphatic rings. The monoisotopic (exact) mass is 304 g/mol. The van der Waals surface area contributed by atoms with Gasteiger partial charge in [-0.25, -0.2) is 0 Å². The Morgan fingerprint density at radius 3 is 2.35 bits per heavy atom. The second kappa shape index (κ2) is 6.88. The third kappa shape index (κ3) is 4.06. The largest absolute Gasteiger partial charge is 0.490 e. The molecule has 0 aliphatic heterocycles. The van der Waals surface area contributed by atoms with Gasteiger partial charge in [0.2, 0.25) is 0 Å². The number of hydrogen-bond acceptors (Lipinski definition) is 5. The molecule has 0 fully saturated rings. The van der Waals surface area contributed by atoms with Crippen molar-refractivity contribution in [1.82, 2.24) is 0 Å². The first-order valence-corrected chi connectivity index (χ1v) is 5.94. The summed E-state index contributed by atoms with van der Waals surface area (Å²) in [5, 5.41) is 21.1. The minimum atomic E-state index is -0.805. The highest BCUT2D eigenvalue weighted by molar-refractivity contribution is 5.85. The van der Waals surface area contributed by atoms with E-state index in [0.717, 1.165) is 0 Å². The van der Waals surface area contributed by atoms with Gasteiger partial charge in [-0.1, -0.05) is 26.8 Å². The molecule has 0 amide bonds. The van der Waals surface area contributed by atoms with Crippen molar-refractivity contribution >= 4 is 18.1 Å². The molecular weight excluding hydrogens is 284 g/mol. The summed E-state index contributed by atoms with van der Waals surface area (Å²) in [6, 6.07) is 3.77. The van der Waals surface area contributed by atoms with E-state index in [4.69, 9.17) is 10.5 Å². The number of hydrogen-bond donors (Lipinski definition) is 2. The maximum absolute atomic E-state index is 10.9. The van der Waals surface area contributed by atoms with Crippen LogP contribution in [0.1, 0.15) is 32.4 Å². The number of halogens is 1. The van der Waals surface area contributed by atoms with E-state index in [-0.39, 0.29) is 23.8 Å². The molecule has 2 atom stereocenters. The molecule has 3 N–H and O–H groups in total. The molecule has 114 valence electrons. The fourth-order valence-electron chi connectivity index (χ4n) is 1.78. The van der Waals surface area contributed by atoms with Gasteiger partial charge in [0, 0.05) is 6.07 Å². The van der Waals surface area contributed by atoms with Gasteiger partial charge in [-0.15, -0.1) is 12.4 Å². The first kappa shape index (κ1) is 18.6. The van der Waals surface area contributed by atoms with E-state index >= 15 is 0 Å². The van der Waals surface area contributed by atoms with Gasteiger partial charge in [-0.2, -0.15) is 0 Å². The lowest BCUT2D eigenvalue weighted by molar-refractivity contribution is -0.385. The summed E-state index contributed by atoms with van der Waals surface area (Å²) in [6.07, 6.45) is -0.805. The fourth-order valence-corrected chi connectivity index (χ4v) is 1.78. The van der Waals surface area contributed by atoms with Crippen molar-refractivity contribution in [3.05, 3.63) is 33.9 Å². The van der Waals surface area contributed by atoms with Crippen molar-refractivity contribution in [3.8, 4) is 5.75 Å². The summed E-state index contributed by atoms with van der Waals surface area (Å²) in [5.41, 5.74) is 5.92. The molecule has 0 bridgehead atoms. The second-order valence-electron chi connectivity index (χ2n) is 5.53. The standard InChI is InChI=1S/C13H20N2O4.ClH/c1-13(2,3)12(16)11(14)8-5-6-10(19-4)9(7-8)15(17)18;/h5-7,11-12,16H,14H2,1-4H3;1H/t11-,12-;/m0./s1. The Morgan fingerprint density at radius 2 is 1.95 bits per heavy atom. The van der Waals surface area contributed by atoms with Gasteiger partial charge in [-0.05, 0) is 17.0 Å². The number of aliphatic hydroxyl groups is 1. The van der Waals surface area contributed by atoms with Crippen LogP contribution in [0, 0.1) is 15.5 Å². The van der Waals surface area contributed by atoms with Gasteiger partial charge in [0.15, 0.2) is 5.75 Å². The minimum absolute atomic E-state index is 0. The number of methoxy groups -OCH3 is 1. The molecule has 1 aromatic carbocycles. The summed E-state index contributed by atoms with van der Waals surface area (Å²) in [4.78, 5) is 10.4. The van der Waals surface area contributed by atoms with Crippen molar-refractivity contribution in [3.63, 3.8) is 0 Å². The van der Waals surface area contributed by atoms with E-state index < -0.39 is 22.5 Å². The van der Waals surface area contributed by atoms with E-state index in [1.807, 2.05) is 20.8 Å². The first-order chi connectivity index (χ1) is 8.68. The van der Waals surface area contributed by atoms with Gasteiger partial charge < -0.3 is 15.6 Å². The normalized spacial score (nSPS) is 14.1. The molecule has 1 aromatic rings. The molecule has 0 heterocycles. The van der Waals surface area contributed by atoms with Crippen LogP contribution in [0.3, 0.4) is 0 Å². The Bertz CT molecular complexity index is 474. The number of nitro groups is 1. The number of rotatable bonds is 4. The highest BCUT2D eigenvalue weighted by Gasteiger charge is 2.30. The van der Waals surface area contributed by atoms with Crippen LogP contribution in [0.4, 0.5) is 5.69 Å². The molecule has 0 unspecified atom stereocenters. The van der Waals surface area contributed by atoms with Crippen molar-refractivity contribution in [2.24, 2.45) is 11.1 Å². The Balaban J connectivity index is 0.00000361. The minimum Gasteiger partial charge on any atom is -0.490 e. The van der Waals surface area contributed by atoms with Gasteiger partial charge in [0.25, 0.3) is 0 Å². The molecule has 20 heavy (non-hydrogen) atoms. The summed E-state index contributed by atoms with van der Waals surface area (Å²) < 4.78 is 4.92. The van der Waals surface area contributed by atoms with Gasteiger partial charge in [-0.3, -0.25) is 10.1 Å². The Kier molecular flexibility index (Phi) is 6.40. The molecule has 7 heteroatoms. The summed E-state index contributed by atoms with van der Waals surface area (Å²) >= 11 is 0. The number of aliphatic hydroxyl groups excluding tert-OH is 1. The maximum atomic E-state index is 10.9. The maximum Gasteiger partial charge on any atom is 0.311 e. The quantitative estimate of drug-likeness (QED) is 0.657. The molecule has 0 saturated carbocycles. The highest BCUT2D eigenvalue weighted by atomic mass is 35.5. The van der Waals surface area contributed by atoms with Crippen LogP contribution in [0.15, 0.2) is 18.2 Å². The van der Waals surface area contributed by atoms with E-state index in [1.165, 1.54) is 19.2 Å². The van der Waals surface area contributed by atoms with E-state index in [9.17, 15) is 15.2 Å². The van der Waals surface area contributed by atoms with Crippen LogP contribution in [0.5, 0.6) is 5.75 Å². The Hall–Kier alpha value is -1.37. The summed E-state index contributed by atoms with van der Waals surface area (Å²) in [5.74, 6) is 0.172. The molecular formula is C13H21ClN2O4. The lowest BCUT2D eigenvalue weighted by atomic mass is 9.82. The topological polar surface area (TPSA) is 98.6 Å². The molecule has 0 saturated heterocycles. The first-order valence-electron chi connectivity index (χ1n) is 5.94. The average Bonchev–Trinajstić information content (AvgIpc) is 2.34. The van der Waals surface area contributed by atoms with Crippen LogP contribution < -0.4 is 10.5 Å². The number of ether oxygens (including phenoxy) is 1. The molecule has 0 spiro atoms.